The molecule has 0 saturated carbocycles. The number of ether oxygens (including phenoxy) is 2. The zero-order valence-corrected chi connectivity index (χ0v) is 18.3. The van der Waals surface area contributed by atoms with Crippen molar-refractivity contribution in [3.05, 3.63) is 64.5 Å². The molecule has 4 rings (SSSR count). The van der Waals surface area contributed by atoms with Crippen LogP contribution in [-0.2, 0) is 11.2 Å². The van der Waals surface area contributed by atoms with Gasteiger partial charge in [0.1, 0.15) is 5.75 Å². The van der Waals surface area contributed by atoms with E-state index in [1.165, 1.54) is 5.56 Å². The van der Waals surface area contributed by atoms with Gasteiger partial charge < -0.3 is 19.7 Å². The summed E-state index contributed by atoms with van der Waals surface area (Å²) < 4.78 is 12.5. The summed E-state index contributed by atoms with van der Waals surface area (Å²) in [6.45, 7) is 3.04. The predicted molar refractivity (Wildman–Crippen MR) is 122 cm³/mol. The second-order valence-corrected chi connectivity index (χ2v) is 8.73. The van der Waals surface area contributed by atoms with Crippen molar-refractivity contribution in [2.24, 2.45) is 0 Å². The van der Waals surface area contributed by atoms with Gasteiger partial charge in [-0.1, -0.05) is 30.3 Å². The first-order chi connectivity index (χ1) is 14.7. The number of thiophene rings is 1. The minimum atomic E-state index is -0.0718. The average molecular weight is 425 g/mol. The van der Waals surface area contributed by atoms with Gasteiger partial charge in [-0.3, -0.25) is 4.79 Å². The van der Waals surface area contributed by atoms with E-state index >= 15 is 0 Å². The summed E-state index contributed by atoms with van der Waals surface area (Å²) in [5, 5.41) is 4.25. The zero-order chi connectivity index (χ0) is 20.9. The highest BCUT2D eigenvalue weighted by Crippen LogP contribution is 2.38. The molecule has 0 radical (unpaired) electrons. The molecule has 158 valence electrons. The van der Waals surface area contributed by atoms with Crippen molar-refractivity contribution in [1.29, 1.82) is 0 Å². The third kappa shape index (κ3) is 4.67. The minimum absolute atomic E-state index is 0.00586. The molecule has 6 heteroatoms. The van der Waals surface area contributed by atoms with E-state index in [4.69, 9.17) is 9.47 Å². The van der Waals surface area contributed by atoms with E-state index in [1.807, 2.05) is 30.3 Å². The molecule has 2 aromatic carbocycles. The number of carbonyl (C=O) groups is 1. The lowest BCUT2D eigenvalue weighted by atomic mass is 10.0. The van der Waals surface area contributed by atoms with Crippen molar-refractivity contribution in [3.63, 3.8) is 0 Å². The van der Waals surface area contributed by atoms with E-state index in [2.05, 4.69) is 35.5 Å². The number of hydrogen-bond donors (Lipinski definition) is 1. The summed E-state index contributed by atoms with van der Waals surface area (Å²) in [5.41, 5.74) is 2.25. The van der Waals surface area contributed by atoms with E-state index in [0.29, 0.717) is 13.2 Å². The Labute approximate surface area is 181 Å². The maximum absolute atomic E-state index is 13.1. The van der Waals surface area contributed by atoms with Crippen LogP contribution in [-0.4, -0.2) is 51.2 Å². The fourth-order valence-electron chi connectivity index (χ4n) is 3.91. The molecule has 1 fully saturated rings. The highest BCUT2D eigenvalue weighted by atomic mass is 32.1. The molecule has 3 aromatic rings. The molecule has 1 saturated heterocycles. The number of aryl methyl sites for hydroxylation is 1. The second kappa shape index (κ2) is 9.60. The van der Waals surface area contributed by atoms with Gasteiger partial charge in [0.25, 0.3) is 5.91 Å². The summed E-state index contributed by atoms with van der Waals surface area (Å²) in [5.74, 6) is 0.859. The van der Waals surface area contributed by atoms with Crippen molar-refractivity contribution >= 4 is 27.3 Å². The van der Waals surface area contributed by atoms with Crippen LogP contribution in [0.15, 0.2) is 48.5 Å². The Morgan fingerprint density at radius 2 is 2.13 bits per heavy atom. The highest BCUT2D eigenvalue weighted by Gasteiger charge is 2.28. The lowest BCUT2D eigenvalue weighted by Gasteiger charge is -2.30. The maximum atomic E-state index is 13.1. The molecule has 1 amide bonds. The van der Waals surface area contributed by atoms with Crippen LogP contribution in [0.4, 0.5) is 0 Å². The molecule has 1 N–H and O–H groups in total. The average Bonchev–Trinajstić information content (AvgIpc) is 3.16. The Kier molecular flexibility index (Phi) is 6.67. The smallest absolute Gasteiger partial charge is 0.261 e. The van der Waals surface area contributed by atoms with E-state index in [9.17, 15) is 4.79 Å². The number of morpholine rings is 1. The van der Waals surface area contributed by atoms with E-state index in [1.54, 1.807) is 18.4 Å². The topological polar surface area (TPSA) is 50.8 Å². The summed E-state index contributed by atoms with van der Waals surface area (Å²) in [6, 6.07) is 16.3. The van der Waals surface area contributed by atoms with Crippen LogP contribution in [0.5, 0.6) is 5.75 Å². The summed E-state index contributed by atoms with van der Waals surface area (Å²) in [6.07, 6.45) is 1.70. The minimum Gasteiger partial charge on any atom is -0.497 e. The van der Waals surface area contributed by atoms with Crippen molar-refractivity contribution in [3.8, 4) is 5.75 Å². The first-order valence-corrected chi connectivity index (χ1v) is 11.2. The van der Waals surface area contributed by atoms with Crippen molar-refractivity contribution in [1.82, 2.24) is 10.2 Å². The van der Waals surface area contributed by atoms with Gasteiger partial charge in [0.15, 0.2) is 0 Å². The Bertz CT molecular complexity index is 1020. The Hall–Kier alpha value is -2.41. The van der Waals surface area contributed by atoms with E-state index in [0.717, 1.165) is 52.2 Å². The van der Waals surface area contributed by atoms with Gasteiger partial charge in [-0.05, 0) is 49.0 Å². The number of fused-ring (bicyclic) bond motifs is 1. The number of amides is 1. The number of nitrogens with one attached hydrogen (secondary N) is 1. The Morgan fingerprint density at radius 3 is 2.97 bits per heavy atom. The van der Waals surface area contributed by atoms with Gasteiger partial charge >= 0.3 is 0 Å². The molecular formula is C24H28N2O3S. The van der Waals surface area contributed by atoms with Crippen LogP contribution in [0, 0.1) is 0 Å². The Balaban J connectivity index is 1.45. The highest BCUT2D eigenvalue weighted by molar-refractivity contribution is 7.21. The molecular weight excluding hydrogens is 396 g/mol. The fraction of sp³-hybridized carbons (Fsp3) is 0.375. The molecule has 0 bridgehead atoms. The number of hydrogen-bond acceptors (Lipinski definition) is 5. The summed E-state index contributed by atoms with van der Waals surface area (Å²) in [7, 11) is 3.78. The number of carbonyl (C=O) groups excluding carboxylic acids is 1. The Morgan fingerprint density at radius 1 is 1.27 bits per heavy atom. The molecule has 30 heavy (non-hydrogen) atoms. The van der Waals surface area contributed by atoms with Crippen LogP contribution in [0.2, 0.25) is 0 Å². The number of likely N-dealkylation sites (N-methyl/N-ethyl adjacent to an activating group) is 1. The molecule has 1 aliphatic heterocycles. The van der Waals surface area contributed by atoms with E-state index in [-0.39, 0.29) is 12.0 Å². The van der Waals surface area contributed by atoms with Crippen LogP contribution in [0.25, 0.3) is 10.1 Å². The second-order valence-electron chi connectivity index (χ2n) is 7.67. The fourth-order valence-corrected chi connectivity index (χ4v) is 5.08. The maximum Gasteiger partial charge on any atom is 0.261 e. The number of nitrogens with zero attached hydrogens (tertiary/aromatic N) is 1. The third-order valence-corrected chi connectivity index (χ3v) is 6.68. The van der Waals surface area contributed by atoms with E-state index < -0.39 is 0 Å². The molecule has 1 atom stereocenters. The van der Waals surface area contributed by atoms with Gasteiger partial charge in [-0.25, -0.2) is 0 Å². The number of methoxy groups -OCH3 is 1. The monoisotopic (exact) mass is 424 g/mol. The quantitative estimate of drug-likeness (QED) is 0.576. The van der Waals surface area contributed by atoms with Crippen LogP contribution in [0.1, 0.15) is 33.3 Å². The van der Waals surface area contributed by atoms with Crippen molar-refractivity contribution in [2.45, 2.75) is 18.9 Å². The SMILES string of the molecule is COc1cccc(CCCNC(=O)c2sc3ccccc3c2C2CN(C)CCO2)c1. The zero-order valence-electron chi connectivity index (χ0n) is 17.5. The molecule has 0 aliphatic carbocycles. The molecule has 5 nitrogen and oxygen atoms in total. The van der Waals surface area contributed by atoms with Gasteiger partial charge in [-0.2, -0.15) is 0 Å². The van der Waals surface area contributed by atoms with Gasteiger partial charge in [0, 0.05) is 29.9 Å². The third-order valence-electron chi connectivity index (χ3n) is 5.49. The summed E-state index contributed by atoms with van der Waals surface area (Å²) in [4.78, 5) is 16.1. The number of benzene rings is 2. The van der Waals surface area contributed by atoms with Crippen LogP contribution >= 0.6 is 11.3 Å². The normalized spacial score (nSPS) is 17.2. The van der Waals surface area contributed by atoms with Crippen LogP contribution in [0.3, 0.4) is 0 Å². The molecule has 0 spiro atoms. The molecule has 1 unspecified atom stereocenters. The standard InChI is InChI=1S/C24H28N2O3S/c1-26-13-14-29-20(16-26)22-19-10-3-4-11-21(19)30-23(22)24(27)25-12-6-8-17-7-5-9-18(15-17)28-2/h3-5,7,9-11,15,20H,6,8,12-14,16H2,1-2H3,(H,25,27). The van der Waals surface area contributed by atoms with Gasteiger partial charge in [-0.15, -0.1) is 11.3 Å². The molecule has 1 aromatic heterocycles. The first-order valence-electron chi connectivity index (χ1n) is 10.4. The van der Waals surface area contributed by atoms with Gasteiger partial charge in [0.2, 0.25) is 0 Å². The summed E-state index contributed by atoms with van der Waals surface area (Å²) >= 11 is 1.56. The first kappa shape index (κ1) is 20.8. The predicted octanol–water partition coefficient (Wildman–Crippen LogP) is 4.28. The molecule has 1 aliphatic rings. The van der Waals surface area contributed by atoms with Gasteiger partial charge in [0.05, 0.1) is 24.7 Å². The lowest BCUT2D eigenvalue weighted by Crippen LogP contribution is -2.36. The van der Waals surface area contributed by atoms with Crippen LogP contribution < -0.4 is 10.1 Å². The van der Waals surface area contributed by atoms with Crippen molar-refractivity contribution < 1.29 is 14.3 Å². The lowest BCUT2D eigenvalue weighted by molar-refractivity contribution is -0.0202. The molecule has 2 heterocycles. The number of rotatable bonds is 7. The largest absolute Gasteiger partial charge is 0.497 e. The van der Waals surface area contributed by atoms with Crippen molar-refractivity contribution in [2.75, 3.05) is 40.4 Å².